The molecule has 0 aromatic heterocycles. The molecule has 3 nitrogen and oxygen atoms in total. The number of hydrogen-bond donors (Lipinski definition) is 2. The first-order chi connectivity index (χ1) is 9.43. The van der Waals surface area contributed by atoms with Crippen molar-refractivity contribution in [1.82, 2.24) is 5.32 Å². The Hall–Kier alpha value is -1.79. The SMILES string of the molecule is C#CCNCc1ccc(/C=[N+](\O)C(C)(C)C)cc1.CC. The van der Waals surface area contributed by atoms with Gasteiger partial charge in [-0.3, -0.25) is 5.21 Å². The van der Waals surface area contributed by atoms with E-state index in [0.717, 1.165) is 12.1 Å². The largest absolute Gasteiger partial charge is 0.302 e. The van der Waals surface area contributed by atoms with Crippen LogP contribution in [-0.4, -0.2) is 28.2 Å². The van der Waals surface area contributed by atoms with Crippen LogP contribution in [0.25, 0.3) is 0 Å². The van der Waals surface area contributed by atoms with Crippen LogP contribution < -0.4 is 5.32 Å². The van der Waals surface area contributed by atoms with Crippen LogP contribution in [-0.2, 0) is 6.54 Å². The maximum absolute atomic E-state index is 9.83. The van der Waals surface area contributed by atoms with Crippen molar-refractivity contribution >= 4 is 6.21 Å². The van der Waals surface area contributed by atoms with Gasteiger partial charge in [0.2, 0.25) is 11.8 Å². The van der Waals surface area contributed by atoms with Crippen LogP contribution in [0.2, 0.25) is 0 Å². The van der Waals surface area contributed by atoms with E-state index in [1.165, 1.54) is 10.3 Å². The Bertz CT molecular complexity index is 447. The first kappa shape index (κ1) is 18.2. The quantitative estimate of drug-likeness (QED) is 0.221. The van der Waals surface area contributed by atoms with E-state index in [4.69, 9.17) is 6.42 Å². The molecule has 0 saturated carbocycles. The predicted octanol–water partition coefficient (Wildman–Crippen LogP) is 3.05. The van der Waals surface area contributed by atoms with Gasteiger partial charge in [-0.15, -0.1) is 6.42 Å². The van der Waals surface area contributed by atoms with Gasteiger partial charge in [0.25, 0.3) is 0 Å². The Morgan fingerprint density at radius 1 is 1.25 bits per heavy atom. The van der Waals surface area contributed by atoms with Crippen molar-refractivity contribution in [3.05, 3.63) is 35.4 Å². The molecule has 0 heterocycles. The zero-order valence-electron chi connectivity index (χ0n) is 13.3. The van der Waals surface area contributed by atoms with Gasteiger partial charge in [0.15, 0.2) is 0 Å². The summed E-state index contributed by atoms with van der Waals surface area (Å²) in [6.45, 7) is 11.2. The number of nitrogens with zero attached hydrogens (tertiary/aromatic N) is 1. The van der Waals surface area contributed by atoms with Crippen molar-refractivity contribution in [3.8, 4) is 12.3 Å². The molecule has 0 amide bonds. The fourth-order valence-corrected chi connectivity index (χ4v) is 1.34. The van der Waals surface area contributed by atoms with Gasteiger partial charge in [-0.1, -0.05) is 31.9 Å². The molecule has 1 aromatic carbocycles. The molecule has 0 fully saturated rings. The van der Waals surface area contributed by atoms with E-state index >= 15 is 0 Å². The van der Waals surface area contributed by atoms with E-state index < -0.39 is 0 Å². The van der Waals surface area contributed by atoms with Gasteiger partial charge in [0.05, 0.1) is 6.54 Å². The Balaban J connectivity index is 0.00000172. The average molecular weight is 275 g/mol. The minimum absolute atomic E-state index is 0.299. The molecule has 0 spiro atoms. The fraction of sp³-hybridized carbons (Fsp3) is 0.471. The van der Waals surface area contributed by atoms with E-state index in [0.29, 0.717) is 6.54 Å². The first-order valence-electron chi connectivity index (χ1n) is 6.99. The number of benzene rings is 1. The minimum Gasteiger partial charge on any atom is -0.302 e. The predicted molar refractivity (Wildman–Crippen MR) is 85.3 cm³/mol. The van der Waals surface area contributed by atoms with Gasteiger partial charge in [-0.25, -0.2) is 0 Å². The number of nitrogens with one attached hydrogen (secondary N) is 1. The fourth-order valence-electron chi connectivity index (χ4n) is 1.34. The second-order valence-corrected chi connectivity index (χ2v) is 5.19. The molecule has 1 aromatic rings. The van der Waals surface area contributed by atoms with Crippen molar-refractivity contribution in [2.45, 2.75) is 46.7 Å². The van der Waals surface area contributed by atoms with Gasteiger partial charge in [-0.05, 0) is 22.4 Å². The molecule has 0 unspecified atom stereocenters. The number of hydroxylamine groups is 1. The van der Waals surface area contributed by atoms with Crippen LogP contribution in [0.4, 0.5) is 0 Å². The summed E-state index contributed by atoms with van der Waals surface area (Å²) in [5, 5.41) is 13.0. The van der Waals surface area contributed by atoms with Gasteiger partial charge in [0.1, 0.15) is 0 Å². The van der Waals surface area contributed by atoms with Crippen molar-refractivity contribution in [1.29, 1.82) is 0 Å². The Kier molecular flexibility index (Phi) is 8.35. The molecule has 0 saturated heterocycles. The summed E-state index contributed by atoms with van der Waals surface area (Å²) in [6, 6.07) is 7.99. The third-order valence-corrected chi connectivity index (χ3v) is 2.49. The van der Waals surface area contributed by atoms with Gasteiger partial charge in [-0.2, -0.15) is 0 Å². The highest BCUT2D eigenvalue weighted by Crippen LogP contribution is 2.06. The lowest BCUT2D eigenvalue weighted by molar-refractivity contribution is -0.816. The molecular formula is C17H27N2O+. The Morgan fingerprint density at radius 3 is 2.25 bits per heavy atom. The highest BCUT2D eigenvalue weighted by molar-refractivity contribution is 5.75. The molecule has 0 bridgehead atoms. The average Bonchev–Trinajstić information content (AvgIpc) is 2.42. The van der Waals surface area contributed by atoms with Crippen molar-refractivity contribution in [3.63, 3.8) is 0 Å². The maximum Gasteiger partial charge on any atom is 0.223 e. The standard InChI is InChI=1S/C15H21N2O.C2H6/c1-5-10-16-11-13-6-8-14(9-7-13)12-17(18)15(2,3)4;1-2/h1,6-9,12,16,18H,10-11H2,2-4H3;1-2H3/q+1;/b17-12-;. The molecule has 0 radical (unpaired) electrons. The second kappa shape index (κ2) is 9.17. The lowest BCUT2D eigenvalue weighted by Crippen LogP contribution is -2.31. The summed E-state index contributed by atoms with van der Waals surface area (Å²) in [6.07, 6.45) is 6.88. The zero-order valence-corrected chi connectivity index (χ0v) is 13.3. The van der Waals surface area contributed by atoms with Crippen molar-refractivity contribution < 1.29 is 9.95 Å². The molecule has 0 aliphatic carbocycles. The summed E-state index contributed by atoms with van der Waals surface area (Å²) in [4.78, 5) is 0. The molecule has 2 N–H and O–H groups in total. The third-order valence-electron chi connectivity index (χ3n) is 2.49. The van der Waals surface area contributed by atoms with E-state index in [1.54, 1.807) is 6.21 Å². The number of hydrogen-bond acceptors (Lipinski definition) is 2. The van der Waals surface area contributed by atoms with Crippen LogP contribution in [0.3, 0.4) is 0 Å². The van der Waals surface area contributed by atoms with Crippen molar-refractivity contribution in [2.75, 3.05) is 6.54 Å². The van der Waals surface area contributed by atoms with Crippen LogP contribution >= 0.6 is 0 Å². The van der Waals surface area contributed by atoms with Crippen LogP contribution in [0.1, 0.15) is 45.7 Å². The van der Waals surface area contributed by atoms with Gasteiger partial charge in [0, 0.05) is 32.9 Å². The summed E-state index contributed by atoms with van der Waals surface area (Å²) in [5.41, 5.74) is 1.84. The lowest BCUT2D eigenvalue weighted by Gasteiger charge is -2.09. The minimum atomic E-state index is -0.299. The van der Waals surface area contributed by atoms with E-state index in [-0.39, 0.29) is 5.54 Å². The summed E-state index contributed by atoms with van der Waals surface area (Å²) >= 11 is 0. The zero-order chi connectivity index (χ0) is 15.6. The molecule has 0 atom stereocenters. The monoisotopic (exact) mass is 275 g/mol. The number of rotatable bonds is 4. The van der Waals surface area contributed by atoms with Crippen LogP contribution in [0.15, 0.2) is 24.3 Å². The number of terminal acetylenes is 1. The van der Waals surface area contributed by atoms with Crippen molar-refractivity contribution in [2.24, 2.45) is 0 Å². The van der Waals surface area contributed by atoms with E-state index in [9.17, 15) is 5.21 Å². The molecule has 0 aliphatic heterocycles. The first-order valence-corrected chi connectivity index (χ1v) is 6.99. The Labute approximate surface area is 123 Å². The van der Waals surface area contributed by atoms with Crippen LogP contribution in [0, 0.1) is 12.3 Å². The molecule has 20 heavy (non-hydrogen) atoms. The van der Waals surface area contributed by atoms with E-state index in [2.05, 4.69) is 11.2 Å². The smallest absolute Gasteiger partial charge is 0.223 e. The lowest BCUT2D eigenvalue weighted by atomic mass is 10.1. The normalized spacial score (nSPS) is 11.3. The summed E-state index contributed by atoms with van der Waals surface area (Å²) < 4.78 is 1.22. The van der Waals surface area contributed by atoms with Gasteiger partial charge < -0.3 is 5.32 Å². The molecule has 3 heteroatoms. The van der Waals surface area contributed by atoms with Gasteiger partial charge >= 0.3 is 0 Å². The highest BCUT2D eigenvalue weighted by Gasteiger charge is 2.23. The topological polar surface area (TPSA) is 35.3 Å². The second-order valence-electron chi connectivity index (χ2n) is 5.19. The summed E-state index contributed by atoms with van der Waals surface area (Å²) in [7, 11) is 0. The van der Waals surface area contributed by atoms with E-state index in [1.807, 2.05) is 58.9 Å². The molecule has 110 valence electrons. The molecule has 0 aliphatic rings. The van der Waals surface area contributed by atoms with Crippen LogP contribution in [0.5, 0.6) is 0 Å². The summed E-state index contributed by atoms with van der Waals surface area (Å²) in [5.74, 6) is 2.54. The molecule has 1 rings (SSSR count). The third kappa shape index (κ3) is 6.96. The highest BCUT2D eigenvalue weighted by atomic mass is 16.5. The maximum atomic E-state index is 9.83. The Morgan fingerprint density at radius 2 is 1.80 bits per heavy atom. The molecular weight excluding hydrogens is 248 g/mol.